The minimum Gasteiger partial charge on any atom is -0.494 e. The van der Waals surface area contributed by atoms with Gasteiger partial charge in [0.05, 0.1) is 37.4 Å². The fourth-order valence-corrected chi connectivity index (χ4v) is 7.04. The molecule has 3 fully saturated rings. The number of pyridine rings is 1. The maximum atomic E-state index is 12.5. The van der Waals surface area contributed by atoms with Gasteiger partial charge in [0.1, 0.15) is 22.8 Å². The fourth-order valence-electron chi connectivity index (χ4n) is 7.04. The smallest absolute Gasteiger partial charge is 0.335 e. The van der Waals surface area contributed by atoms with Gasteiger partial charge in [-0.1, -0.05) is 12.1 Å². The van der Waals surface area contributed by atoms with E-state index < -0.39 is 11.8 Å². The molecule has 5 heterocycles. The maximum absolute atomic E-state index is 12.5. The van der Waals surface area contributed by atoms with E-state index in [9.17, 15) is 14.7 Å². The van der Waals surface area contributed by atoms with Crippen LogP contribution in [-0.4, -0.2) is 69.2 Å². The van der Waals surface area contributed by atoms with Gasteiger partial charge >= 0.3 is 5.97 Å². The highest BCUT2D eigenvalue weighted by Gasteiger charge is 2.42. The number of carboxylic acids is 1. The van der Waals surface area contributed by atoms with E-state index in [4.69, 9.17) is 23.9 Å². The van der Waals surface area contributed by atoms with Gasteiger partial charge in [-0.2, -0.15) is 0 Å². The Kier molecular flexibility index (Phi) is 7.40. The summed E-state index contributed by atoms with van der Waals surface area (Å²) in [4.78, 5) is 36.3. The molecule has 0 radical (unpaired) electrons. The molecule has 2 atom stereocenters. The van der Waals surface area contributed by atoms with Crippen molar-refractivity contribution in [3.63, 3.8) is 0 Å². The van der Waals surface area contributed by atoms with E-state index in [0.717, 1.165) is 74.5 Å². The number of likely N-dealkylation sites (tertiary alicyclic amines) is 1. The fraction of sp³-hybridized carbons (Fsp3) is 0.444. The summed E-state index contributed by atoms with van der Waals surface area (Å²) in [7, 11) is 1.54. The number of aromatic carboxylic acids is 1. The van der Waals surface area contributed by atoms with Crippen molar-refractivity contribution in [2.45, 2.75) is 69.9 Å². The molecule has 1 saturated carbocycles. The van der Waals surface area contributed by atoms with E-state index >= 15 is 0 Å². The van der Waals surface area contributed by atoms with E-state index in [1.807, 2.05) is 31.2 Å². The van der Waals surface area contributed by atoms with Crippen LogP contribution in [0.1, 0.15) is 82.7 Å². The van der Waals surface area contributed by atoms with Gasteiger partial charge in [-0.3, -0.25) is 14.7 Å². The lowest BCUT2D eigenvalue weighted by atomic mass is 9.88. The zero-order valence-electron chi connectivity index (χ0n) is 26.6. The third kappa shape index (κ3) is 5.51. The van der Waals surface area contributed by atoms with Crippen LogP contribution in [-0.2, 0) is 23.6 Å². The molecule has 0 amide bonds. The maximum Gasteiger partial charge on any atom is 0.335 e. The quantitative estimate of drug-likeness (QED) is 0.221. The first-order chi connectivity index (χ1) is 22.8. The van der Waals surface area contributed by atoms with Crippen molar-refractivity contribution >= 4 is 22.8 Å². The number of ketones is 1. The van der Waals surface area contributed by atoms with Crippen molar-refractivity contribution in [2.75, 3.05) is 26.8 Å². The van der Waals surface area contributed by atoms with E-state index in [1.54, 1.807) is 19.4 Å². The molecular formula is C36H38N4O7. The number of methoxy groups -OCH3 is 1. The van der Waals surface area contributed by atoms with Gasteiger partial charge in [0.2, 0.25) is 0 Å². The van der Waals surface area contributed by atoms with Crippen molar-refractivity contribution in [1.82, 2.24) is 19.4 Å². The first-order valence-electron chi connectivity index (χ1n) is 16.5. The number of imidazole rings is 1. The molecule has 11 nitrogen and oxygen atoms in total. The van der Waals surface area contributed by atoms with E-state index in [2.05, 4.69) is 20.5 Å². The Morgan fingerprint density at radius 1 is 1.04 bits per heavy atom. The highest BCUT2D eigenvalue weighted by Crippen LogP contribution is 2.49. The van der Waals surface area contributed by atoms with Crippen LogP contribution in [0.4, 0.5) is 0 Å². The van der Waals surface area contributed by atoms with Gasteiger partial charge in [0.15, 0.2) is 17.3 Å². The second-order valence-corrected chi connectivity index (χ2v) is 13.2. The molecule has 1 N–H and O–H groups in total. The average molecular weight is 639 g/mol. The molecule has 4 aromatic rings. The Hall–Kier alpha value is -4.48. The number of carboxylic acid groups (broad SMARTS) is 1. The molecule has 8 rings (SSSR count). The number of hydrogen-bond acceptors (Lipinski definition) is 9. The number of fused-ring (bicyclic) bond motifs is 2. The average Bonchev–Trinajstić information content (AvgIpc) is 3.77. The van der Waals surface area contributed by atoms with E-state index in [0.29, 0.717) is 47.3 Å². The standard InChI is InChI=1S/C36H38N4O7/c1-36(30-9-8-23(18-37-30)33(41)22-6-7-22)46-28-5-3-4-26(34(28)47-36)21-10-13-39(14-11-21)20-31-38-32-27(40(31)19-25-12-15-45-25)16-24(35(42)43)17-29(32)44-2/h3-5,8-9,16-18,21-22,25H,6-7,10-15,19-20H2,1-2H3,(H,42,43)/t25-,36-/m0/s1. The lowest BCUT2D eigenvalue weighted by Gasteiger charge is -2.33. The van der Waals surface area contributed by atoms with Crippen LogP contribution in [0.2, 0.25) is 0 Å². The lowest BCUT2D eigenvalue weighted by molar-refractivity contribution is -0.0722. The van der Waals surface area contributed by atoms with Crippen LogP contribution in [0, 0.1) is 5.92 Å². The molecule has 244 valence electrons. The Morgan fingerprint density at radius 3 is 2.51 bits per heavy atom. The number of ether oxygens (including phenoxy) is 4. The van der Waals surface area contributed by atoms with Gasteiger partial charge in [-0.25, -0.2) is 9.78 Å². The minimum atomic E-state index is -1.08. The topological polar surface area (TPSA) is 125 Å². The summed E-state index contributed by atoms with van der Waals surface area (Å²) >= 11 is 0. The number of carbonyl (C=O) groups is 2. The van der Waals surface area contributed by atoms with E-state index in [1.165, 1.54) is 6.07 Å². The van der Waals surface area contributed by atoms with Crippen LogP contribution in [0.5, 0.6) is 17.2 Å². The van der Waals surface area contributed by atoms with Gasteiger partial charge < -0.3 is 28.6 Å². The van der Waals surface area contributed by atoms with Crippen molar-refractivity contribution < 1.29 is 33.6 Å². The molecule has 1 aliphatic carbocycles. The molecule has 0 unspecified atom stereocenters. The number of nitrogens with zero attached hydrogens (tertiary/aromatic N) is 4. The second-order valence-electron chi connectivity index (χ2n) is 13.2. The van der Waals surface area contributed by atoms with Crippen molar-refractivity contribution in [3.05, 3.63) is 76.9 Å². The predicted molar refractivity (Wildman–Crippen MR) is 171 cm³/mol. The Morgan fingerprint density at radius 2 is 1.85 bits per heavy atom. The lowest BCUT2D eigenvalue weighted by Crippen LogP contribution is -2.35. The van der Waals surface area contributed by atoms with Crippen LogP contribution in [0.3, 0.4) is 0 Å². The molecule has 2 aromatic carbocycles. The van der Waals surface area contributed by atoms with Crippen LogP contribution < -0.4 is 14.2 Å². The third-order valence-electron chi connectivity index (χ3n) is 10.0. The first-order valence-corrected chi connectivity index (χ1v) is 16.5. The second kappa shape index (κ2) is 11.6. The Balaban J connectivity index is 0.983. The third-order valence-corrected chi connectivity index (χ3v) is 10.0. The Bertz CT molecular complexity index is 1860. The highest BCUT2D eigenvalue weighted by molar-refractivity contribution is 5.99. The molecule has 2 saturated heterocycles. The normalized spacial score (nSPS) is 22.7. The van der Waals surface area contributed by atoms with Gasteiger partial charge in [-0.05, 0) is 81.4 Å². The van der Waals surface area contributed by atoms with Crippen LogP contribution in [0.25, 0.3) is 11.0 Å². The summed E-state index contributed by atoms with van der Waals surface area (Å²) in [5, 5.41) is 9.72. The van der Waals surface area contributed by atoms with Crippen molar-refractivity contribution in [2.24, 2.45) is 5.92 Å². The molecule has 11 heteroatoms. The summed E-state index contributed by atoms with van der Waals surface area (Å²) in [6, 6.07) is 13.0. The monoisotopic (exact) mass is 638 g/mol. The van der Waals surface area contributed by atoms with Gasteiger partial charge in [0, 0.05) is 36.8 Å². The number of rotatable bonds is 10. The number of para-hydroxylation sites is 1. The number of Topliss-reactive ketones (excluding diaryl/α,β-unsaturated/α-hetero) is 1. The molecule has 47 heavy (non-hydrogen) atoms. The number of piperidine rings is 1. The molecule has 0 bridgehead atoms. The first kappa shape index (κ1) is 29.9. The van der Waals surface area contributed by atoms with Crippen LogP contribution >= 0.6 is 0 Å². The van der Waals surface area contributed by atoms with E-state index in [-0.39, 0.29) is 23.4 Å². The van der Waals surface area contributed by atoms with Gasteiger partial charge in [0.25, 0.3) is 5.79 Å². The highest BCUT2D eigenvalue weighted by atomic mass is 16.7. The molecule has 3 aliphatic heterocycles. The zero-order valence-corrected chi connectivity index (χ0v) is 26.6. The summed E-state index contributed by atoms with van der Waals surface area (Å²) in [6.45, 7) is 5.60. The summed E-state index contributed by atoms with van der Waals surface area (Å²) in [6.07, 6.45) is 6.49. The van der Waals surface area contributed by atoms with Crippen molar-refractivity contribution in [3.8, 4) is 17.2 Å². The molecule has 0 spiro atoms. The summed E-state index contributed by atoms with van der Waals surface area (Å²) in [5.41, 5.74) is 3.99. The number of hydrogen-bond donors (Lipinski definition) is 1. The summed E-state index contributed by atoms with van der Waals surface area (Å²) < 4.78 is 26.3. The predicted octanol–water partition coefficient (Wildman–Crippen LogP) is 5.54. The molecular weight excluding hydrogens is 600 g/mol. The Labute approximate surface area is 272 Å². The zero-order chi connectivity index (χ0) is 32.3. The summed E-state index contributed by atoms with van der Waals surface area (Å²) in [5.74, 6) is 1.32. The number of aromatic nitrogens is 3. The minimum absolute atomic E-state index is 0.0859. The number of benzene rings is 2. The largest absolute Gasteiger partial charge is 0.494 e. The number of carbonyl (C=O) groups excluding carboxylic acids is 1. The van der Waals surface area contributed by atoms with Crippen LogP contribution in [0.15, 0.2) is 48.7 Å². The SMILES string of the molecule is COc1cc(C(=O)O)cc2c1nc(CN1CCC(c3cccc4c3O[C@@](C)(c3ccc(C(=O)C5CC5)cn3)O4)CC1)n2C[C@@H]1CCO1. The van der Waals surface area contributed by atoms with Gasteiger partial charge in [-0.15, -0.1) is 0 Å². The molecule has 2 aromatic heterocycles. The molecule has 4 aliphatic rings. The van der Waals surface area contributed by atoms with Crippen molar-refractivity contribution in [1.29, 1.82) is 0 Å².